The van der Waals surface area contributed by atoms with Gasteiger partial charge in [-0.2, -0.15) is 0 Å². The molecule has 4 heterocycles. The summed E-state index contributed by atoms with van der Waals surface area (Å²) in [4.78, 5) is 33.3. The molecule has 0 radical (unpaired) electrons. The maximum atomic E-state index is 13.5. The number of ether oxygens (including phenoxy) is 1. The van der Waals surface area contributed by atoms with Gasteiger partial charge in [0, 0.05) is 41.3 Å². The third-order valence-corrected chi connectivity index (χ3v) is 6.47. The summed E-state index contributed by atoms with van der Waals surface area (Å²) in [5, 5.41) is 5.19. The first-order chi connectivity index (χ1) is 17.9. The third-order valence-electron chi connectivity index (χ3n) is 6.47. The number of morpholine rings is 1. The zero-order valence-corrected chi connectivity index (χ0v) is 22.0. The van der Waals surface area contributed by atoms with Crippen molar-refractivity contribution in [3.05, 3.63) is 92.8 Å². The predicted molar refractivity (Wildman–Crippen MR) is 147 cm³/mol. The van der Waals surface area contributed by atoms with Gasteiger partial charge in [-0.05, 0) is 68.7 Å². The van der Waals surface area contributed by atoms with E-state index in [4.69, 9.17) is 4.74 Å². The number of hydrogen-bond donors (Lipinski definition) is 2. The van der Waals surface area contributed by atoms with E-state index in [1.807, 2.05) is 64.1 Å². The van der Waals surface area contributed by atoms with Gasteiger partial charge in [-0.1, -0.05) is 19.1 Å². The van der Waals surface area contributed by atoms with Gasteiger partial charge in [0.1, 0.15) is 0 Å². The number of amides is 1. The minimum Gasteiger partial charge on any atom is -0.378 e. The summed E-state index contributed by atoms with van der Waals surface area (Å²) >= 11 is 0. The van der Waals surface area contributed by atoms with Gasteiger partial charge in [-0.3, -0.25) is 19.2 Å². The van der Waals surface area contributed by atoms with E-state index in [2.05, 4.69) is 37.2 Å². The number of rotatable bonds is 8. The molecule has 1 fully saturated rings. The SMILES string of the molecule is CC/C=C(C)/C(=C\c1cc(-c2ccccn2)cn1N1CCOCC1)C(=O)NCc1c(C)cc(C)[nH]c1=O. The number of carbonyl (C=O) groups is 1. The van der Waals surface area contributed by atoms with Crippen LogP contribution in [0.2, 0.25) is 0 Å². The fourth-order valence-electron chi connectivity index (χ4n) is 4.55. The summed E-state index contributed by atoms with van der Waals surface area (Å²) in [6.45, 7) is 10.7. The van der Waals surface area contributed by atoms with Gasteiger partial charge in [0.05, 0.1) is 37.7 Å². The normalized spacial score (nSPS) is 14.6. The van der Waals surface area contributed by atoms with Crippen molar-refractivity contribution in [3.63, 3.8) is 0 Å². The van der Waals surface area contributed by atoms with Crippen molar-refractivity contribution >= 4 is 12.0 Å². The first kappa shape index (κ1) is 26.2. The number of aryl methyl sites for hydroxylation is 2. The highest BCUT2D eigenvalue weighted by molar-refractivity contribution is 6.02. The molecule has 1 aliphatic rings. The van der Waals surface area contributed by atoms with E-state index in [0.717, 1.165) is 53.3 Å². The topological polar surface area (TPSA) is 92.2 Å². The number of H-pyrrole nitrogens is 1. The molecule has 0 atom stereocenters. The van der Waals surface area contributed by atoms with Crippen molar-refractivity contribution in [2.24, 2.45) is 0 Å². The number of nitrogens with one attached hydrogen (secondary N) is 2. The molecule has 0 unspecified atom stereocenters. The Balaban J connectivity index is 1.71. The average Bonchev–Trinajstić information content (AvgIpc) is 3.31. The van der Waals surface area contributed by atoms with Gasteiger partial charge in [0.2, 0.25) is 0 Å². The molecular formula is C29H35N5O3. The molecule has 1 amide bonds. The highest BCUT2D eigenvalue weighted by Gasteiger charge is 2.19. The highest BCUT2D eigenvalue weighted by atomic mass is 16.5. The Kier molecular flexibility index (Phi) is 8.40. The van der Waals surface area contributed by atoms with Crippen LogP contribution in [0.1, 0.15) is 42.8 Å². The lowest BCUT2D eigenvalue weighted by molar-refractivity contribution is -0.117. The monoisotopic (exact) mass is 501 g/mol. The molecule has 0 aromatic carbocycles. The van der Waals surface area contributed by atoms with E-state index in [9.17, 15) is 9.59 Å². The fourth-order valence-corrected chi connectivity index (χ4v) is 4.55. The van der Waals surface area contributed by atoms with Crippen LogP contribution in [0, 0.1) is 13.8 Å². The quantitative estimate of drug-likeness (QED) is 0.361. The number of pyridine rings is 2. The second-order valence-corrected chi connectivity index (χ2v) is 9.26. The standard InChI is InChI=1S/C29H35N5O3/c1-5-8-20(2)25(28(35)31-18-26-21(3)15-22(4)32-29(26)36)17-24-16-23(27-9-6-7-10-30-27)19-34(24)33-11-13-37-14-12-33/h6-10,15-17,19H,5,11-14,18H2,1-4H3,(H,31,35)(H,32,36)/b20-8+,25-17+. The average molecular weight is 502 g/mol. The summed E-state index contributed by atoms with van der Waals surface area (Å²) in [5.74, 6) is -0.226. The van der Waals surface area contributed by atoms with Crippen LogP contribution in [-0.4, -0.2) is 46.9 Å². The Labute approximate surface area is 217 Å². The molecule has 0 aliphatic carbocycles. The van der Waals surface area contributed by atoms with Crippen molar-refractivity contribution in [1.82, 2.24) is 20.0 Å². The van der Waals surface area contributed by atoms with E-state index < -0.39 is 0 Å². The predicted octanol–water partition coefficient (Wildman–Crippen LogP) is 3.88. The third kappa shape index (κ3) is 6.27. The number of aromatic nitrogens is 3. The van der Waals surface area contributed by atoms with Crippen LogP contribution in [0.15, 0.2) is 64.7 Å². The van der Waals surface area contributed by atoms with Gasteiger partial charge in [-0.25, -0.2) is 0 Å². The lowest BCUT2D eigenvalue weighted by atomic mass is 10.0. The lowest BCUT2D eigenvalue weighted by Crippen LogP contribution is -2.44. The molecule has 1 saturated heterocycles. The molecule has 3 aromatic rings. The number of hydrogen-bond acceptors (Lipinski definition) is 5. The van der Waals surface area contributed by atoms with Crippen LogP contribution >= 0.6 is 0 Å². The molecule has 0 spiro atoms. The van der Waals surface area contributed by atoms with Crippen molar-refractivity contribution in [1.29, 1.82) is 0 Å². The second kappa shape index (κ2) is 11.9. The molecule has 2 N–H and O–H groups in total. The number of nitrogens with zero attached hydrogens (tertiary/aromatic N) is 3. The van der Waals surface area contributed by atoms with Crippen LogP contribution in [0.5, 0.6) is 0 Å². The van der Waals surface area contributed by atoms with Gasteiger partial charge in [0.25, 0.3) is 11.5 Å². The second-order valence-electron chi connectivity index (χ2n) is 9.26. The van der Waals surface area contributed by atoms with E-state index in [-0.39, 0.29) is 18.0 Å². The Morgan fingerprint density at radius 3 is 2.68 bits per heavy atom. The fraction of sp³-hybridized carbons (Fsp3) is 0.345. The summed E-state index contributed by atoms with van der Waals surface area (Å²) in [7, 11) is 0. The molecule has 3 aromatic heterocycles. The summed E-state index contributed by atoms with van der Waals surface area (Å²) in [5.41, 5.74) is 6.19. The largest absolute Gasteiger partial charge is 0.378 e. The van der Waals surface area contributed by atoms with Crippen LogP contribution in [0.25, 0.3) is 17.3 Å². The molecule has 194 valence electrons. The number of allylic oxidation sites excluding steroid dienone is 1. The zero-order chi connectivity index (χ0) is 26.4. The van der Waals surface area contributed by atoms with E-state index in [1.54, 1.807) is 6.20 Å². The molecule has 4 rings (SSSR count). The highest BCUT2D eigenvalue weighted by Crippen LogP contribution is 2.24. The Morgan fingerprint density at radius 1 is 1.22 bits per heavy atom. The Bertz CT molecular complexity index is 1360. The summed E-state index contributed by atoms with van der Waals surface area (Å²) in [6, 6.07) is 9.80. The molecule has 0 bridgehead atoms. The molecule has 1 aliphatic heterocycles. The van der Waals surface area contributed by atoms with Crippen LogP contribution in [0.3, 0.4) is 0 Å². The van der Waals surface area contributed by atoms with E-state index in [1.165, 1.54) is 0 Å². The number of carbonyl (C=O) groups excluding carboxylic acids is 1. The van der Waals surface area contributed by atoms with E-state index >= 15 is 0 Å². The molecular weight excluding hydrogens is 466 g/mol. The maximum Gasteiger partial charge on any atom is 0.253 e. The molecule has 37 heavy (non-hydrogen) atoms. The number of aromatic amines is 1. The smallest absolute Gasteiger partial charge is 0.253 e. The minimum atomic E-state index is -0.226. The first-order valence-electron chi connectivity index (χ1n) is 12.7. The maximum absolute atomic E-state index is 13.5. The first-order valence-corrected chi connectivity index (χ1v) is 12.7. The van der Waals surface area contributed by atoms with E-state index in [0.29, 0.717) is 24.4 Å². The lowest BCUT2D eigenvalue weighted by Gasteiger charge is -2.31. The molecule has 0 saturated carbocycles. The minimum absolute atomic E-state index is 0.153. The van der Waals surface area contributed by atoms with Gasteiger partial charge >= 0.3 is 0 Å². The van der Waals surface area contributed by atoms with Crippen molar-refractivity contribution < 1.29 is 9.53 Å². The van der Waals surface area contributed by atoms with Crippen LogP contribution < -0.4 is 15.9 Å². The van der Waals surface area contributed by atoms with Gasteiger partial charge in [-0.15, -0.1) is 0 Å². The van der Waals surface area contributed by atoms with Gasteiger partial charge in [0.15, 0.2) is 0 Å². The van der Waals surface area contributed by atoms with Crippen molar-refractivity contribution in [2.75, 3.05) is 31.3 Å². The van der Waals surface area contributed by atoms with Gasteiger partial charge < -0.3 is 20.0 Å². The Hall–Kier alpha value is -3.91. The zero-order valence-electron chi connectivity index (χ0n) is 22.0. The molecule has 8 nitrogen and oxygen atoms in total. The van der Waals surface area contributed by atoms with Crippen molar-refractivity contribution in [2.45, 2.75) is 40.7 Å². The summed E-state index contributed by atoms with van der Waals surface area (Å²) < 4.78 is 7.65. The molecule has 8 heteroatoms. The van der Waals surface area contributed by atoms with Crippen LogP contribution in [0.4, 0.5) is 0 Å². The summed E-state index contributed by atoms with van der Waals surface area (Å²) in [6.07, 6.45) is 8.60. The Morgan fingerprint density at radius 2 is 2.00 bits per heavy atom. The van der Waals surface area contributed by atoms with Crippen molar-refractivity contribution in [3.8, 4) is 11.3 Å². The van der Waals surface area contributed by atoms with Crippen LogP contribution in [-0.2, 0) is 16.1 Å².